The molecule has 0 aromatic rings. The second-order valence-electron chi connectivity index (χ2n) is 4.95. The van der Waals surface area contributed by atoms with Crippen LogP contribution in [0.5, 0.6) is 0 Å². The van der Waals surface area contributed by atoms with E-state index in [2.05, 4.69) is 5.32 Å². The Balaban J connectivity index is 2.18. The maximum atomic E-state index is 11.5. The Kier molecular flexibility index (Phi) is 5.94. The van der Waals surface area contributed by atoms with Crippen LogP contribution in [0, 0.1) is 5.92 Å². The van der Waals surface area contributed by atoms with E-state index in [-0.39, 0.29) is 40.9 Å². The number of aliphatic hydroxyl groups excluding tert-OH is 1. The number of carbonyl (C=O) groups excluding carboxylic acids is 1. The second kappa shape index (κ2) is 6.77. The zero-order valence-corrected chi connectivity index (χ0v) is 12.4. The number of amides is 1. The van der Waals surface area contributed by atoms with Crippen molar-refractivity contribution in [2.24, 2.45) is 5.92 Å². The molecule has 106 valence electrons. The first kappa shape index (κ1) is 15.8. The van der Waals surface area contributed by atoms with Crippen LogP contribution < -0.4 is 5.32 Å². The fourth-order valence-electron chi connectivity index (χ4n) is 1.59. The first-order valence-corrected chi connectivity index (χ1v) is 8.94. The summed E-state index contributed by atoms with van der Waals surface area (Å²) in [7, 11) is -2.87. The zero-order valence-electron chi connectivity index (χ0n) is 10.8. The predicted octanol–water partition coefficient (Wildman–Crippen LogP) is 0.0398. The van der Waals surface area contributed by atoms with Gasteiger partial charge in [-0.15, -0.1) is 11.8 Å². The fourth-order valence-corrected chi connectivity index (χ4v) is 5.06. The van der Waals surface area contributed by atoms with Gasteiger partial charge < -0.3 is 10.4 Å². The van der Waals surface area contributed by atoms with Crippen LogP contribution in [0.4, 0.5) is 0 Å². The van der Waals surface area contributed by atoms with E-state index in [1.807, 2.05) is 13.8 Å². The molecule has 2 atom stereocenters. The molecule has 2 N–H and O–H groups in total. The lowest BCUT2D eigenvalue weighted by Crippen LogP contribution is -2.35. The van der Waals surface area contributed by atoms with Gasteiger partial charge in [-0.2, -0.15) is 0 Å². The summed E-state index contributed by atoms with van der Waals surface area (Å²) in [6.07, 6.45) is 0.0975. The van der Waals surface area contributed by atoms with Crippen LogP contribution in [-0.4, -0.2) is 54.6 Å². The predicted molar refractivity (Wildman–Crippen MR) is 73.4 cm³/mol. The lowest BCUT2D eigenvalue weighted by Gasteiger charge is -2.15. The average Bonchev–Trinajstić information content (AvgIpc) is 2.62. The van der Waals surface area contributed by atoms with Gasteiger partial charge in [-0.3, -0.25) is 4.79 Å². The summed E-state index contributed by atoms with van der Waals surface area (Å²) in [4.78, 5) is 11.5. The summed E-state index contributed by atoms with van der Waals surface area (Å²) in [5.41, 5.74) is 0. The number of sulfone groups is 1. The summed E-state index contributed by atoms with van der Waals surface area (Å²) in [5.74, 6) is 0.630. The molecule has 1 aliphatic heterocycles. The van der Waals surface area contributed by atoms with E-state index < -0.39 is 15.9 Å². The Morgan fingerprint density at radius 1 is 1.50 bits per heavy atom. The monoisotopic (exact) mass is 295 g/mol. The molecule has 0 radical (unpaired) electrons. The van der Waals surface area contributed by atoms with Gasteiger partial charge in [-0.1, -0.05) is 13.8 Å². The van der Waals surface area contributed by atoms with Gasteiger partial charge in [0.25, 0.3) is 0 Å². The molecule has 1 heterocycles. The Morgan fingerprint density at radius 3 is 2.67 bits per heavy atom. The molecule has 5 nitrogen and oxygen atoms in total. The third-order valence-electron chi connectivity index (χ3n) is 2.92. The van der Waals surface area contributed by atoms with Crippen LogP contribution in [0.2, 0.25) is 0 Å². The number of nitrogens with one attached hydrogen (secondary N) is 1. The van der Waals surface area contributed by atoms with Gasteiger partial charge in [0.2, 0.25) is 5.91 Å². The van der Waals surface area contributed by atoms with Crippen molar-refractivity contribution in [2.75, 3.05) is 23.8 Å². The van der Waals surface area contributed by atoms with Gasteiger partial charge in [-0.05, 0) is 12.3 Å². The lowest BCUT2D eigenvalue weighted by molar-refractivity contribution is -0.119. The quantitative estimate of drug-likeness (QED) is 0.723. The van der Waals surface area contributed by atoms with Gasteiger partial charge in [0.1, 0.15) is 0 Å². The number of hydrogen-bond donors (Lipinski definition) is 2. The van der Waals surface area contributed by atoms with E-state index in [0.29, 0.717) is 6.42 Å². The summed E-state index contributed by atoms with van der Waals surface area (Å²) >= 11 is 1.38. The highest BCUT2D eigenvalue weighted by Gasteiger charge is 2.28. The molecule has 1 aliphatic rings. The van der Waals surface area contributed by atoms with Crippen LogP contribution in [0.25, 0.3) is 0 Å². The van der Waals surface area contributed by atoms with Crippen LogP contribution in [-0.2, 0) is 14.6 Å². The summed E-state index contributed by atoms with van der Waals surface area (Å²) < 4.78 is 22.5. The Bertz CT molecular complexity index is 381. The Labute approximate surface area is 113 Å². The molecule has 0 aliphatic carbocycles. The average molecular weight is 295 g/mol. The van der Waals surface area contributed by atoms with Crippen molar-refractivity contribution in [2.45, 2.75) is 31.6 Å². The van der Waals surface area contributed by atoms with Gasteiger partial charge in [0, 0.05) is 11.8 Å². The standard InChI is InChI=1S/C11H21NO4S2/c1-8(2)10(13)5-12-11(14)6-17-9-3-4-18(15,16)7-9/h8-10,13H,3-7H2,1-2H3,(H,12,14). The molecule has 1 rings (SSSR count). The van der Waals surface area contributed by atoms with Crippen molar-refractivity contribution in [1.29, 1.82) is 0 Å². The minimum Gasteiger partial charge on any atom is -0.391 e. The van der Waals surface area contributed by atoms with Crippen molar-refractivity contribution < 1.29 is 18.3 Å². The lowest BCUT2D eigenvalue weighted by atomic mass is 10.1. The van der Waals surface area contributed by atoms with E-state index in [0.717, 1.165) is 0 Å². The number of thioether (sulfide) groups is 1. The van der Waals surface area contributed by atoms with Crippen LogP contribution >= 0.6 is 11.8 Å². The topological polar surface area (TPSA) is 83.5 Å². The van der Waals surface area contributed by atoms with Crippen LogP contribution in [0.3, 0.4) is 0 Å². The Hall–Kier alpha value is -0.270. The molecular formula is C11H21NO4S2. The molecule has 1 amide bonds. The van der Waals surface area contributed by atoms with Crippen LogP contribution in [0.1, 0.15) is 20.3 Å². The normalized spacial score (nSPS) is 24.1. The summed E-state index contributed by atoms with van der Waals surface area (Å²) in [6, 6.07) is 0. The summed E-state index contributed by atoms with van der Waals surface area (Å²) in [6.45, 7) is 4.02. The van der Waals surface area contributed by atoms with Gasteiger partial charge in [0.05, 0.1) is 23.4 Å². The molecule has 7 heteroatoms. The van der Waals surface area contributed by atoms with Crippen molar-refractivity contribution in [3.8, 4) is 0 Å². The van der Waals surface area contributed by atoms with E-state index in [1.165, 1.54) is 11.8 Å². The van der Waals surface area contributed by atoms with E-state index >= 15 is 0 Å². The first-order valence-electron chi connectivity index (χ1n) is 6.07. The third-order valence-corrected chi connectivity index (χ3v) is 6.20. The minimum atomic E-state index is -2.87. The molecule has 0 aromatic carbocycles. The van der Waals surface area contributed by atoms with Gasteiger partial charge in [0.15, 0.2) is 9.84 Å². The van der Waals surface area contributed by atoms with Crippen molar-refractivity contribution >= 4 is 27.5 Å². The minimum absolute atomic E-state index is 0.0378. The molecule has 18 heavy (non-hydrogen) atoms. The second-order valence-corrected chi connectivity index (χ2v) is 8.47. The SMILES string of the molecule is CC(C)C(O)CNC(=O)CSC1CCS(=O)(=O)C1. The maximum Gasteiger partial charge on any atom is 0.230 e. The molecule has 0 saturated carbocycles. The number of carbonyl (C=O) groups is 1. The fraction of sp³-hybridized carbons (Fsp3) is 0.909. The van der Waals surface area contributed by atoms with Crippen molar-refractivity contribution in [3.05, 3.63) is 0 Å². The smallest absolute Gasteiger partial charge is 0.230 e. The van der Waals surface area contributed by atoms with Crippen molar-refractivity contribution in [3.63, 3.8) is 0 Å². The molecular weight excluding hydrogens is 274 g/mol. The highest BCUT2D eigenvalue weighted by molar-refractivity contribution is 8.02. The van der Waals surface area contributed by atoms with E-state index in [9.17, 15) is 18.3 Å². The van der Waals surface area contributed by atoms with Crippen molar-refractivity contribution in [1.82, 2.24) is 5.32 Å². The third kappa shape index (κ3) is 5.58. The number of hydrogen-bond acceptors (Lipinski definition) is 5. The first-order chi connectivity index (χ1) is 8.30. The number of aliphatic hydroxyl groups is 1. The molecule has 2 unspecified atom stereocenters. The molecule has 1 saturated heterocycles. The molecule has 0 aromatic heterocycles. The maximum absolute atomic E-state index is 11.5. The molecule has 0 spiro atoms. The number of rotatable bonds is 6. The van der Waals surface area contributed by atoms with E-state index in [4.69, 9.17) is 0 Å². The highest BCUT2D eigenvalue weighted by atomic mass is 32.2. The Morgan fingerprint density at radius 2 is 2.17 bits per heavy atom. The van der Waals surface area contributed by atoms with Gasteiger partial charge >= 0.3 is 0 Å². The molecule has 0 bridgehead atoms. The van der Waals surface area contributed by atoms with E-state index in [1.54, 1.807) is 0 Å². The largest absolute Gasteiger partial charge is 0.391 e. The zero-order chi connectivity index (χ0) is 13.8. The highest BCUT2D eigenvalue weighted by Crippen LogP contribution is 2.23. The van der Waals surface area contributed by atoms with Crippen LogP contribution in [0.15, 0.2) is 0 Å². The summed E-state index contributed by atoms with van der Waals surface area (Å²) in [5, 5.41) is 12.2. The molecule has 1 fully saturated rings. The van der Waals surface area contributed by atoms with Gasteiger partial charge in [-0.25, -0.2) is 8.42 Å².